The molecule has 0 spiro atoms. The van der Waals surface area contributed by atoms with Gasteiger partial charge in [0.15, 0.2) is 0 Å². The summed E-state index contributed by atoms with van der Waals surface area (Å²) in [6, 6.07) is 66.6. The lowest BCUT2D eigenvalue weighted by Crippen LogP contribution is -2.09. The standard InChI is InChI=1S/C50H31NO2/c1-2-12-36(13-3-1)51(37-26-20-34(21-27-37)41-16-8-18-43-45-30-24-32-10-4-6-14-39(32)49(45)52-47(41)43)38-28-22-35(23-29-38)42-17-9-19-44-46-31-25-33-11-5-7-15-40(33)50(46)53-48(42)44/h1-31H. The molecule has 0 N–H and O–H groups in total. The molecule has 2 aromatic heterocycles. The van der Waals surface area contributed by atoms with Crippen molar-refractivity contribution in [3.63, 3.8) is 0 Å². The molecule has 0 saturated carbocycles. The van der Waals surface area contributed by atoms with E-state index in [1.807, 2.05) is 0 Å². The van der Waals surface area contributed by atoms with Crippen molar-refractivity contribution in [2.45, 2.75) is 0 Å². The van der Waals surface area contributed by atoms with E-state index in [1.54, 1.807) is 0 Å². The molecule has 11 rings (SSSR count). The molecule has 53 heavy (non-hydrogen) atoms. The first kappa shape index (κ1) is 29.6. The Labute approximate surface area is 305 Å². The fourth-order valence-corrected chi connectivity index (χ4v) is 8.11. The lowest BCUT2D eigenvalue weighted by Gasteiger charge is -2.26. The Bertz CT molecular complexity index is 2960. The van der Waals surface area contributed by atoms with Gasteiger partial charge in [-0.2, -0.15) is 0 Å². The van der Waals surface area contributed by atoms with Crippen LogP contribution in [0, 0.1) is 0 Å². The van der Waals surface area contributed by atoms with E-state index >= 15 is 0 Å². The second-order valence-electron chi connectivity index (χ2n) is 13.7. The molecule has 2 heterocycles. The van der Waals surface area contributed by atoms with Crippen LogP contribution < -0.4 is 4.90 Å². The summed E-state index contributed by atoms with van der Waals surface area (Å²) in [6.07, 6.45) is 0. The smallest absolute Gasteiger partial charge is 0.143 e. The third-order valence-corrected chi connectivity index (χ3v) is 10.7. The molecule has 0 bridgehead atoms. The van der Waals surface area contributed by atoms with Gasteiger partial charge in [0, 0.05) is 60.5 Å². The normalized spacial score (nSPS) is 11.8. The number of para-hydroxylation sites is 3. The summed E-state index contributed by atoms with van der Waals surface area (Å²) in [5.41, 5.74) is 11.3. The Morgan fingerprint density at radius 1 is 0.264 bits per heavy atom. The molecule has 0 saturated heterocycles. The second kappa shape index (κ2) is 11.7. The fraction of sp³-hybridized carbons (Fsp3) is 0. The summed E-state index contributed by atoms with van der Waals surface area (Å²) in [6.45, 7) is 0. The number of rotatable bonds is 5. The minimum atomic E-state index is 0.912. The van der Waals surface area contributed by atoms with Crippen LogP contribution in [0.2, 0.25) is 0 Å². The van der Waals surface area contributed by atoms with Crippen LogP contribution in [-0.4, -0.2) is 0 Å². The molecule has 0 aliphatic carbocycles. The average molecular weight is 678 g/mol. The van der Waals surface area contributed by atoms with E-state index in [9.17, 15) is 0 Å². The van der Waals surface area contributed by atoms with Gasteiger partial charge in [-0.1, -0.05) is 140 Å². The number of anilines is 3. The highest BCUT2D eigenvalue weighted by atomic mass is 16.3. The Morgan fingerprint density at radius 3 is 1.15 bits per heavy atom. The molecule has 0 radical (unpaired) electrons. The largest absolute Gasteiger partial charge is 0.455 e. The third-order valence-electron chi connectivity index (χ3n) is 10.7. The van der Waals surface area contributed by atoms with E-state index in [0.717, 1.165) is 94.0 Å². The van der Waals surface area contributed by atoms with Crippen LogP contribution in [0.3, 0.4) is 0 Å². The van der Waals surface area contributed by atoms with E-state index in [2.05, 4.69) is 193 Å². The maximum atomic E-state index is 6.66. The van der Waals surface area contributed by atoms with Crippen LogP contribution in [0.1, 0.15) is 0 Å². The highest BCUT2D eigenvalue weighted by molar-refractivity contribution is 6.18. The number of hydrogen-bond acceptors (Lipinski definition) is 3. The topological polar surface area (TPSA) is 29.5 Å². The Morgan fingerprint density at radius 2 is 0.660 bits per heavy atom. The van der Waals surface area contributed by atoms with E-state index < -0.39 is 0 Å². The van der Waals surface area contributed by atoms with Crippen molar-refractivity contribution in [3.8, 4) is 22.3 Å². The molecule has 11 aromatic rings. The van der Waals surface area contributed by atoms with Gasteiger partial charge in [0.1, 0.15) is 22.3 Å². The zero-order valence-corrected chi connectivity index (χ0v) is 28.7. The van der Waals surface area contributed by atoms with Crippen molar-refractivity contribution in [2.24, 2.45) is 0 Å². The zero-order valence-electron chi connectivity index (χ0n) is 28.7. The summed E-state index contributed by atoms with van der Waals surface area (Å²) < 4.78 is 13.3. The molecular formula is C50H31NO2. The summed E-state index contributed by atoms with van der Waals surface area (Å²) in [4.78, 5) is 2.30. The Hall–Kier alpha value is -7.10. The van der Waals surface area contributed by atoms with E-state index in [0.29, 0.717) is 0 Å². The molecule has 0 unspecified atom stereocenters. The quantitative estimate of drug-likeness (QED) is 0.182. The molecule has 0 aliphatic rings. The summed E-state index contributed by atoms with van der Waals surface area (Å²) >= 11 is 0. The molecule has 0 fully saturated rings. The van der Waals surface area contributed by atoms with Crippen LogP contribution in [-0.2, 0) is 0 Å². The van der Waals surface area contributed by atoms with Crippen molar-refractivity contribution >= 4 is 82.5 Å². The second-order valence-corrected chi connectivity index (χ2v) is 13.7. The number of nitrogens with zero attached hydrogens (tertiary/aromatic N) is 1. The van der Waals surface area contributed by atoms with Gasteiger partial charge >= 0.3 is 0 Å². The highest BCUT2D eigenvalue weighted by Crippen LogP contribution is 2.42. The third kappa shape index (κ3) is 4.68. The lowest BCUT2D eigenvalue weighted by atomic mass is 10.00. The SMILES string of the molecule is c1ccc(N(c2ccc(-c3cccc4c3oc3c5ccccc5ccc43)cc2)c2ccc(-c3cccc4c3oc3c5ccccc5ccc43)cc2)cc1. The van der Waals surface area contributed by atoms with Gasteiger partial charge in [-0.15, -0.1) is 0 Å². The maximum Gasteiger partial charge on any atom is 0.143 e. The van der Waals surface area contributed by atoms with Crippen LogP contribution >= 0.6 is 0 Å². The van der Waals surface area contributed by atoms with Crippen molar-refractivity contribution in [2.75, 3.05) is 4.90 Å². The van der Waals surface area contributed by atoms with Crippen LogP contribution in [0.15, 0.2) is 197 Å². The maximum absolute atomic E-state index is 6.66. The molecule has 0 amide bonds. The molecular weight excluding hydrogens is 647 g/mol. The first-order chi connectivity index (χ1) is 26.3. The van der Waals surface area contributed by atoms with E-state index in [4.69, 9.17) is 8.83 Å². The molecule has 9 aromatic carbocycles. The van der Waals surface area contributed by atoms with E-state index in [1.165, 1.54) is 10.8 Å². The minimum absolute atomic E-state index is 0.912. The minimum Gasteiger partial charge on any atom is -0.455 e. The molecule has 248 valence electrons. The predicted octanol–water partition coefficient (Wildman–Crippen LogP) is 14.6. The van der Waals surface area contributed by atoms with E-state index in [-0.39, 0.29) is 0 Å². The van der Waals surface area contributed by atoms with Crippen LogP contribution in [0.4, 0.5) is 17.1 Å². The van der Waals surface area contributed by atoms with Gasteiger partial charge in [0.05, 0.1) is 0 Å². The van der Waals surface area contributed by atoms with Crippen molar-refractivity contribution in [3.05, 3.63) is 188 Å². The monoisotopic (exact) mass is 677 g/mol. The molecule has 3 heteroatoms. The zero-order chi connectivity index (χ0) is 34.9. The Kier molecular flexibility index (Phi) is 6.55. The van der Waals surface area contributed by atoms with Gasteiger partial charge in [-0.25, -0.2) is 0 Å². The van der Waals surface area contributed by atoms with Gasteiger partial charge in [-0.05, 0) is 70.4 Å². The van der Waals surface area contributed by atoms with Crippen molar-refractivity contribution in [1.82, 2.24) is 0 Å². The van der Waals surface area contributed by atoms with Crippen LogP contribution in [0.5, 0.6) is 0 Å². The highest BCUT2D eigenvalue weighted by Gasteiger charge is 2.18. The summed E-state index contributed by atoms with van der Waals surface area (Å²) in [7, 11) is 0. The predicted molar refractivity (Wildman–Crippen MR) is 222 cm³/mol. The number of benzene rings is 9. The summed E-state index contributed by atoms with van der Waals surface area (Å²) in [5, 5.41) is 9.17. The fourth-order valence-electron chi connectivity index (χ4n) is 8.11. The number of hydrogen-bond donors (Lipinski definition) is 0. The first-order valence-corrected chi connectivity index (χ1v) is 18.0. The Balaban J connectivity index is 0.983. The van der Waals surface area contributed by atoms with Crippen molar-refractivity contribution in [1.29, 1.82) is 0 Å². The van der Waals surface area contributed by atoms with Gasteiger partial charge in [0.2, 0.25) is 0 Å². The number of fused-ring (bicyclic) bond motifs is 10. The number of furan rings is 2. The summed E-state index contributed by atoms with van der Waals surface area (Å²) in [5.74, 6) is 0. The first-order valence-electron chi connectivity index (χ1n) is 18.0. The van der Waals surface area contributed by atoms with Gasteiger partial charge in [-0.3, -0.25) is 0 Å². The van der Waals surface area contributed by atoms with Gasteiger partial charge in [0.25, 0.3) is 0 Å². The van der Waals surface area contributed by atoms with Crippen LogP contribution in [0.25, 0.3) is 87.7 Å². The van der Waals surface area contributed by atoms with Gasteiger partial charge < -0.3 is 13.7 Å². The molecule has 0 atom stereocenters. The lowest BCUT2D eigenvalue weighted by molar-refractivity contribution is 0.673. The molecule has 0 aliphatic heterocycles. The average Bonchev–Trinajstić information content (AvgIpc) is 3.81. The van der Waals surface area contributed by atoms with Crippen molar-refractivity contribution < 1.29 is 8.83 Å². The molecule has 3 nitrogen and oxygen atoms in total.